The van der Waals surface area contributed by atoms with Gasteiger partial charge in [-0.2, -0.15) is 0 Å². The first kappa shape index (κ1) is 14.6. The quantitative estimate of drug-likeness (QED) is 0.414. The van der Waals surface area contributed by atoms with Crippen LogP contribution in [0.4, 0.5) is 5.69 Å². The van der Waals surface area contributed by atoms with Gasteiger partial charge < -0.3 is 16.4 Å². The van der Waals surface area contributed by atoms with E-state index in [-0.39, 0.29) is 25.0 Å². The molecule has 0 bridgehead atoms. The molecule has 5 nitrogen and oxygen atoms in total. The lowest BCUT2D eigenvalue weighted by Gasteiger charge is -2.07. The molecule has 0 atom stereocenters. The lowest BCUT2D eigenvalue weighted by molar-refractivity contribution is -0.119. The number of aryl methyl sites for hydroxylation is 1. The average Bonchev–Trinajstić information content (AvgIpc) is 2.43. The molecule has 0 aromatic heterocycles. The first-order chi connectivity index (χ1) is 9.15. The SMILES string of the molecule is C#CCNC(=O)CN=C(N)Nc1cccc(CC)c1. The number of nitrogens with zero attached hydrogens (tertiary/aromatic N) is 1. The van der Waals surface area contributed by atoms with Crippen molar-refractivity contribution in [3.05, 3.63) is 29.8 Å². The van der Waals surface area contributed by atoms with Crippen molar-refractivity contribution in [1.82, 2.24) is 5.32 Å². The minimum atomic E-state index is -0.259. The van der Waals surface area contributed by atoms with Gasteiger partial charge in [0, 0.05) is 5.69 Å². The fourth-order valence-electron chi connectivity index (χ4n) is 1.42. The van der Waals surface area contributed by atoms with Crippen LogP contribution in [0.15, 0.2) is 29.3 Å². The molecule has 0 fully saturated rings. The predicted molar refractivity (Wildman–Crippen MR) is 77.8 cm³/mol. The smallest absolute Gasteiger partial charge is 0.242 e. The Morgan fingerprint density at radius 3 is 3.00 bits per heavy atom. The summed E-state index contributed by atoms with van der Waals surface area (Å²) >= 11 is 0. The lowest BCUT2D eigenvalue weighted by atomic mass is 10.1. The highest BCUT2D eigenvalue weighted by Crippen LogP contribution is 2.10. The van der Waals surface area contributed by atoms with Crippen LogP contribution in [0.5, 0.6) is 0 Å². The Labute approximate surface area is 113 Å². The molecule has 4 N–H and O–H groups in total. The molecule has 0 aliphatic heterocycles. The number of carbonyl (C=O) groups is 1. The van der Waals surface area contributed by atoms with E-state index < -0.39 is 0 Å². The van der Waals surface area contributed by atoms with E-state index >= 15 is 0 Å². The zero-order chi connectivity index (χ0) is 14.1. The fraction of sp³-hybridized carbons (Fsp3) is 0.286. The number of benzene rings is 1. The maximum atomic E-state index is 11.3. The van der Waals surface area contributed by atoms with E-state index in [1.54, 1.807) is 0 Å². The summed E-state index contributed by atoms with van der Waals surface area (Å²) in [6, 6.07) is 7.85. The molecule has 0 heterocycles. The summed E-state index contributed by atoms with van der Waals surface area (Å²) in [5.74, 6) is 2.25. The third kappa shape index (κ3) is 5.59. The van der Waals surface area contributed by atoms with Crippen molar-refractivity contribution in [3.8, 4) is 12.3 Å². The molecule has 1 aromatic carbocycles. The molecule has 19 heavy (non-hydrogen) atoms. The van der Waals surface area contributed by atoms with Crippen LogP contribution in [0.1, 0.15) is 12.5 Å². The molecule has 0 aliphatic carbocycles. The van der Waals surface area contributed by atoms with Gasteiger partial charge in [0.2, 0.25) is 5.91 Å². The van der Waals surface area contributed by atoms with Gasteiger partial charge in [-0.15, -0.1) is 6.42 Å². The molecule has 0 saturated heterocycles. The topological polar surface area (TPSA) is 79.5 Å². The van der Waals surface area contributed by atoms with Crippen LogP contribution < -0.4 is 16.4 Å². The van der Waals surface area contributed by atoms with Crippen LogP contribution in [0.2, 0.25) is 0 Å². The second-order valence-corrected chi connectivity index (χ2v) is 3.86. The largest absolute Gasteiger partial charge is 0.370 e. The lowest BCUT2D eigenvalue weighted by Crippen LogP contribution is -2.29. The van der Waals surface area contributed by atoms with Gasteiger partial charge in [0.05, 0.1) is 6.54 Å². The zero-order valence-electron chi connectivity index (χ0n) is 10.9. The van der Waals surface area contributed by atoms with Crippen molar-refractivity contribution in [2.24, 2.45) is 10.7 Å². The maximum Gasteiger partial charge on any atom is 0.242 e. The summed E-state index contributed by atoms with van der Waals surface area (Å²) in [5.41, 5.74) is 7.74. The number of rotatable bonds is 5. The Balaban J connectivity index is 2.51. The van der Waals surface area contributed by atoms with E-state index in [1.807, 2.05) is 24.3 Å². The van der Waals surface area contributed by atoms with E-state index in [0.29, 0.717) is 0 Å². The highest BCUT2D eigenvalue weighted by atomic mass is 16.1. The van der Waals surface area contributed by atoms with Crippen LogP contribution in [0.3, 0.4) is 0 Å². The van der Waals surface area contributed by atoms with Crippen LogP contribution in [0, 0.1) is 12.3 Å². The second kappa shape index (κ2) is 7.77. The molecule has 5 heteroatoms. The van der Waals surface area contributed by atoms with Crippen LogP contribution in [-0.4, -0.2) is 25.0 Å². The Morgan fingerprint density at radius 1 is 1.53 bits per heavy atom. The molecule has 100 valence electrons. The third-order valence-electron chi connectivity index (χ3n) is 2.39. The molecule has 0 radical (unpaired) electrons. The normalized spacial score (nSPS) is 10.6. The number of guanidine groups is 1. The number of terminal acetylenes is 1. The van der Waals surface area contributed by atoms with Gasteiger partial charge in [-0.05, 0) is 24.1 Å². The molecular formula is C14H18N4O. The highest BCUT2D eigenvalue weighted by Gasteiger charge is 2.00. The summed E-state index contributed by atoms with van der Waals surface area (Å²) in [4.78, 5) is 15.2. The summed E-state index contributed by atoms with van der Waals surface area (Å²) in [5, 5.41) is 5.44. The van der Waals surface area contributed by atoms with E-state index in [4.69, 9.17) is 12.2 Å². The average molecular weight is 258 g/mol. The Hall–Kier alpha value is -2.48. The zero-order valence-corrected chi connectivity index (χ0v) is 10.9. The Kier molecular flexibility index (Phi) is 5.96. The van der Waals surface area contributed by atoms with Crippen molar-refractivity contribution in [3.63, 3.8) is 0 Å². The number of nitrogens with two attached hydrogens (primary N) is 1. The molecule has 0 unspecified atom stereocenters. The van der Waals surface area contributed by atoms with E-state index in [9.17, 15) is 4.79 Å². The van der Waals surface area contributed by atoms with Gasteiger partial charge in [0.25, 0.3) is 0 Å². The number of nitrogens with one attached hydrogen (secondary N) is 2. The minimum Gasteiger partial charge on any atom is -0.370 e. The molecule has 0 saturated carbocycles. The number of anilines is 1. The summed E-state index contributed by atoms with van der Waals surface area (Å²) in [6.07, 6.45) is 5.97. The third-order valence-corrected chi connectivity index (χ3v) is 2.39. The van der Waals surface area contributed by atoms with Gasteiger partial charge in [-0.25, -0.2) is 4.99 Å². The van der Waals surface area contributed by atoms with Crippen molar-refractivity contribution < 1.29 is 4.79 Å². The predicted octanol–water partition coefficient (Wildman–Crippen LogP) is 0.725. The van der Waals surface area contributed by atoms with Gasteiger partial charge in [-0.1, -0.05) is 25.0 Å². The Bertz CT molecular complexity index is 502. The molecular weight excluding hydrogens is 240 g/mol. The highest BCUT2D eigenvalue weighted by molar-refractivity contribution is 5.93. The number of hydrogen-bond acceptors (Lipinski definition) is 2. The molecule has 1 aromatic rings. The minimum absolute atomic E-state index is 0.0476. The van der Waals surface area contributed by atoms with Crippen molar-refractivity contribution in [1.29, 1.82) is 0 Å². The van der Waals surface area contributed by atoms with Gasteiger partial charge in [-0.3, -0.25) is 4.79 Å². The van der Waals surface area contributed by atoms with Crippen LogP contribution in [0.25, 0.3) is 0 Å². The standard InChI is InChI=1S/C14H18N4O/c1-3-8-16-13(19)10-17-14(15)18-12-7-5-6-11(4-2)9-12/h1,5-7,9H,4,8,10H2,2H3,(H,16,19)(H3,15,17,18). The van der Waals surface area contributed by atoms with Gasteiger partial charge >= 0.3 is 0 Å². The number of hydrogen-bond donors (Lipinski definition) is 3. The van der Waals surface area contributed by atoms with Crippen molar-refractivity contribution >= 4 is 17.6 Å². The van der Waals surface area contributed by atoms with Crippen molar-refractivity contribution in [2.45, 2.75) is 13.3 Å². The van der Waals surface area contributed by atoms with E-state index in [2.05, 4.69) is 28.5 Å². The maximum absolute atomic E-state index is 11.3. The molecule has 0 aliphatic rings. The van der Waals surface area contributed by atoms with E-state index in [1.165, 1.54) is 5.56 Å². The monoisotopic (exact) mass is 258 g/mol. The summed E-state index contributed by atoms with van der Waals surface area (Å²) in [6.45, 7) is 2.22. The summed E-state index contributed by atoms with van der Waals surface area (Å²) in [7, 11) is 0. The van der Waals surface area contributed by atoms with Crippen LogP contribution >= 0.6 is 0 Å². The molecule has 1 rings (SSSR count). The van der Waals surface area contributed by atoms with Gasteiger partial charge in [0.1, 0.15) is 6.54 Å². The molecule has 1 amide bonds. The Morgan fingerprint density at radius 2 is 2.32 bits per heavy atom. The first-order valence-corrected chi connectivity index (χ1v) is 6.01. The molecule has 0 spiro atoms. The van der Waals surface area contributed by atoms with Crippen molar-refractivity contribution in [2.75, 3.05) is 18.4 Å². The van der Waals surface area contributed by atoms with Crippen LogP contribution in [-0.2, 0) is 11.2 Å². The van der Waals surface area contributed by atoms with E-state index in [0.717, 1.165) is 12.1 Å². The first-order valence-electron chi connectivity index (χ1n) is 6.01. The van der Waals surface area contributed by atoms with Gasteiger partial charge in [0.15, 0.2) is 5.96 Å². The number of aliphatic imine (C=N–C) groups is 1. The number of amides is 1. The fourth-order valence-corrected chi connectivity index (χ4v) is 1.42. The summed E-state index contributed by atoms with van der Waals surface area (Å²) < 4.78 is 0. The second-order valence-electron chi connectivity index (χ2n) is 3.86. The number of carbonyl (C=O) groups excluding carboxylic acids is 1.